The summed E-state index contributed by atoms with van der Waals surface area (Å²) in [6, 6.07) is 9.06. The minimum Gasteiger partial charge on any atom is -0.485 e. The fraction of sp³-hybridized carbons (Fsp3) is 0.316. The van der Waals surface area contributed by atoms with Gasteiger partial charge in [-0.2, -0.15) is 0 Å². The summed E-state index contributed by atoms with van der Waals surface area (Å²) in [5.41, 5.74) is 0.532. The van der Waals surface area contributed by atoms with E-state index in [1.165, 1.54) is 0 Å². The Morgan fingerprint density at radius 2 is 1.74 bits per heavy atom. The van der Waals surface area contributed by atoms with Crippen molar-refractivity contribution in [2.75, 3.05) is 32.8 Å². The van der Waals surface area contributed by atoms with Gasteiger partial charge in [0.25, 0.3) is 11.8 Å². The zero-order valence-electron chi connectivity index (χ0n) is 14.5. The monoisotopic (exact) mass is 431 g/mol. The second-order valence-corrected chi connectivity index (χ2v) is 7.29. The Labute approximate surface area is 165 Å². The zero-order valence-corrected chi connectivity index (χ0v) is 16.1. The number of rotatable bonds is 2. The number of piperazine rings is 1. The molecule has 2 aliphatic heterocycles. The normalized spacial score (nSPS) is 18.9. The predicted molar refractivity (Wildman–Crippen MR) is 101 cm³/mol. The van der Waals surface area contributed by atoms with Crippen molar-refractivity contribution in [2.24, 2.45) is 0 Å². The van der Waals surface area contributed by atoms with Crippen molar-refractivity contribution >= 4 is 27.7 Å². The molecule has 1 fully saturated rings. The second kappa shape index (κ2) is 7.56. The molecule has 4 rings (SSSR count). The second-order valence-electron chi connectivity index (χ2n) is 6.37. The topological polar surface area (TPSA) is 72.0 Å². The first kappa shape index (κ1) is 17.8. The SMILES string of the molecule is O=C(c1cncc(Br)c1)N1CCN(C(=O)C2COc3ccccc3O2)CC1. The van der Waals surface area contributed by atoms with Crippen LogP contribution in [0.5, 0.6) is 11.5 Å². The van der Waals surface area contributed by atoms with E-state index in [0.717, 1.165) is 4.47 Å². The third-order valence-corrected chi connectivity index (χ3v) is 5.05. The van der Waals surface area contributed by atoms with Crippen LogP contribution < -0.4 is 9.47 Å². The highest BCUT2D eigenvalue weighted by Crippen LogP contribution is 2.31. The van der Waals surface area contributed by atoms with Crippen LogP contribution in [0.25, 0.3) is 0 Å². The molecule has 0 bridgehead atoms. The Morgan fingerprint density at radius 1 is 1.04 bits per heavy atom. The fourth-order valence-corrected chi connectivity index (χ4v) is 3.55. The Bertz CT molecular complexity index is 868. The molecule has 2 aromatic rings. The Balaban J connectivity index is 1.35. The van der Waals surface area contributed by atoms with Gasteiger partial charge in [-0.3, -0.25) is 14.6 Å². The summed E-state index contributed by atoms with van der Waals surface area (Å²) >= 11 is 3.33. The molecule has 27 heavy (non-hydrogen) atoms. The summed E-state index contributed by atoms with van der Waals surface area (Å²) in [5, 5.41) is 0. The maximum Gasteiger partial charge on any atom is 0.267 e. The van der Waals surface area contributed by atoms with Crippen molar-refractivity contribution in [1.82, 2.24) is 14.8 Å². The molecular weight excluding hydrogens is 414 g/mol. The lowest BCUT2D eigenvalue weighted by atomic mass is 10.2. The fourth-order valence-electron chi connectivity index (χ4n) is 3.19. The molecular formula is C19H18BrN3O4. The van der Waals surface area contributed by atoms with E-state index in [-0.39, 0.29) is 18.4 Å². The molecule has 7 nitrogen and oxygen atoms in total. The highest BCUT2D eigenvalue weighted by Gasteiger charge is 2.33. The minimum absolute atomic E-state index is 0.0814. The third-order valence-electron chi connectivity index (χ3n) is 4.61. The molecule has 8 heteroatoms. The van der Waals surface area contributed by atoms with E-state index in [0.29, 0.717) is 43.2 Å². The van der Waals surface area contributed by atoms with Crippen molar-refractivity contribution in [3.8, 4) is 11.5 Å². The number of fused-ring (bicyclic) bond motifs is 1. The van der Waals surface area contributed by atoms with Gasteiger partial charge in [-0.15, -0.1) is 0 Å². The maximum absolute atomic E-state index is 12.8. The van der Waals surface area contributed by atoms with Crippen LogP contribution in [-0.4, -0.2) is 65.5 Å². The summed E-state index contributed by atoms with van der Waals surface area (Å²) in [7, 11) is 0. The van der Waals surface area contributed by atoms with Crippen LogP contribution in [0.15, 0.2) is 47.2 Å². The number of aromatic nitrogens is 1. The Hall–Kier alpha value is -2.61. The average molecular weight is 432 g/mol. The number of para-hydroxylation sites is 2. The third kappa shape index (κ3) is 3.75. The first-order valence-electron chi connectivity index (χ1n) is 8.69. The number of amides is 2. The van der Waals surface area contributed by atoms with Crippen LogP contribution in [0.1, 0.15) is 10.4 Å². The molecule has 3 heterocycles. The van der Waals surface area contributed by atoms with Gasteiger partial charge in [0.15, 0.2) is 11.5 Å². The number of carbonyl (C=O) groups excluding carboxylic acids is 2. The highest BCUT2D eigenvalue weighted by molar-refractivity contribution is 9.10. The predicted octanol–water partition coefficient (Wildman–Crippen LogP) is 1.97. The molecule has 2 aliphatic rings. The summed E-state index contributed by atoms with van der Waals surface area (Å²) in [5.74, 6) is 1.04. The standard InChI is InChI=1S/C19H18BrN3O4/c20-14-9-13(10-21-11-14)18(24)22-5-7-23(8-6-22)19(25)17-12-26-15-3-1-2-4-16(15)27-17/h1-4,9-11,17H,5-8,12H2. The molecule has 0 N–H and O–H groups in total. The largest absolute Gasteiger partial charge is 0.485 e. The molecule has 140 valence electrons. The van der Waals surface area contributed by atoms with E-state index in [4.69, 9.17) is 9.47 Å². The van der Waals surface area contributed by atoms with Gasteiger partial charge < -0.3 is 19.3 Å². The van der Waals surface area contributed by atoms with Crippen molar-refractivity contribution in [3.05, 3.63) is 52.8 Å². The zero-order chi connectivity index (χ0) is 18.8. The lowest BCUT2D eigenvalue weighted by Gasteiger charge is -2.37. The number of nitrogens with zero attached hydrogens (tertiary/aromatic N) is 3. The van der Waals surface area contributed by atoms with E-state index in [1.54, 1.807) is 34.3 Å². The Morgan fingerprint density at radius 3 is 2.48 bits per heavy atom. The summed E-state index contributed by atoms with van der Waals surface area (Å²) in [6.45, 7) is 2.07. The lowest BCUT2D eigenvalue weighted by Crippen LogP contribution is -2.55. The Kier molecular flexibility index (Phi) is 4.98. The number of hydrogen-bond donors (Lipinski definition) is 0. The van der Waals surface area contributed by atoms with E-state index in [2.05, 4.69) is 20.9 Å². The van der Waals surface area contributed by atoms with E-state index < -0.39 is 6.10 Å². The van der Waals surface area contributed by atoms with Gasteiger partial charge >= 0.3 is 0 Å². The molecule has 2 amide bonds. The van der Waals surface area contributed by atoms with Crippen LogP contribution in [0.4, 0.5) is 0 Å². The average Bonchev–Trinajstić information content (AvgIpc) is 2.72. The maximum atomic E-state index is 12.8. The van der Waals surface area contributed by atoms with Gasteiger partial charge in [0.05, 0.1) is 5.56 Å². The number of pyridine rings is 1. The molecule has 1 saturated heterocycles. The molecule has 0 spiro atoms. The first-order valence-corrected chi connectivity index (χ1v) is 9.48. The lowest BCUT2D eigenvalue weighted by molar-refractivity contribution is -0.142. The highest BCUT2D eigenvalue weighted by atomic mass is 79.9. The number of halogens is 1. The molecule has 0 radical (unpaired) electrons. The van der Waals surface area contributed by atoms with Crippen molar-refractivity contribution in [1.29, 1.82) is 0 Å². The van der Waals surface area contributed by atoms with E-state index in [9.17, 15) is 9.59 Å². The number of hydrogen-bond acceptors (Lipinski definition) is 5. The van der Waals surface area contributed by atoms with Crippen molar-refractivity contribution < 1.29 is 19.1 Å². The number of benzene rings is 1. The van der Waals surface area contributed by atoms with Crippen molar-refractivity contribution in [3.63, 3.8) is 0 Å². The van der Waals surface area contributed by atoms with Gasteiger partial charge in [0, 0.05) is 43.0 Å². The minimum atomic E-state index is -0.656. The van der Waals surface area contributed by atoms with Gasteiger partial charge in [0.1, 0.15) is 6.61 Å². The van der Waals surface area contributed by atoms with E-state index >= 15 is 0 Å². The smallest absolute Gasteiger partial charge is 0.267 e. The van der Waals surface area contributed by atoms with Crippen LogP contribution >= 0.6 is 15.9 Å². The number of carbonyl (C=O) groups is 2. The molecule has 1 aromatic heterocycles. The van der Waals surface area contributed by atoms with Gasteiger partial charge in [0.2, 0.25) is 6.10 Å². The molecule has 1 unspecified atom stereocenters. The quantitative estimate of drug-likeness (QED) is 0.726. The van der Waals surface area contributed by atoms with Crippen molar-refractivity contribution in [2.45, 2.75) is 6.10 Å². The van der Waals surface area contributed by atoms with E-state index in [1.807, 2.05) is 18.2 Å². The van der Waals surface area contributed by atoms with Gasteiger partial charge in [-0.05, 0) is 34.1 Å². The van der Waals surface area contributed by atoms with Gasteiger partial charge in [-0.25, -0.2) is 0 Å². The number of ether oxygens (including phenoxy) is 2. The molecule has 1 aromatic carbocycles. The molecule has 0 saturated carbocycles. The van der Waals surface area contributed by atoms with Gasteiger partial charge in [-0.1, -0.05) is 12.1 Å². The first-order chi connectivity index (χ1) is 13.1. The summed E-state index contributed by atoms with van der Waals surface area (Å²) < 4.78 is 12.2. The summed E-state index contributed by atoms with van der Waals surface area (Å²) in [6.07, 6.45) is 2.53. The van der Waals surface area contributed by atoms with Crippen LogP contribution in [0, 0.1) is 0 Å². The molecule has 0 aliphatic carbocycles. The molecule has 1 atom stereocenters. The van der Waals surface area contributed by atoms with Crippen LogP contribution in [0.2, 0.25) is 0 Å². The summed E-state index contributed by atoms with van der Waals surface area (Å²) in [4.78, 5) is 32.8. The van der Waals surface area contributed by atoms with Crippen LogP contribution in [0.3, 0.4) is 0 Å². The van der Waals surface area contributed by atoms with Crippen LogP contribution in [-0.2, 0) is 4.79 Å².